The van der Waals surface area contributed by atoms with Crippen LogP contribution in [0.2, 0.25) is 0 Å². The van der Waals surface area contributed by atoms with Gasteiger partial charge in [0.15, 0.2) is 0 Å². The molecule has 1 amide bonds. The van der Waals surface area contributed by atoms with Gasteiger partial charge < -0.3 is 15.0 Å². The number of hydrogen-bond donors (Lipinski definition) is 1. The Balaban J connectivity index is 1.39. The van der Waals surface area contributed by atoms with Crippen LogP contribution in [0.3, 0.4) is 0 Å². The average molecular weight is 300 g/mol. The van der Waals surface area contributed by atoms with Crippen molar-refractivity contribution in [2.45, 2.75) is 56.7 Å². The Morgan fingerprint density at radius 2 is 2.00 bits per heavy atom. The van der Waals surface area contributed by atoms with Crippen LogP contribution in [0.15, 0.2) is 18.2 Å². The van der Waals surface area contributed by atoms with Crippen LogP contribution in [-0.2, 0) is 17.6 Å². The number of nitrogens with one attached hydrogen (secondary N) is 1. The molecule has 0 bridgehead atoms. The number of likely N-dealkylation sites (tertiary alicyclic amines) is 1. The molecule has 4 heteroatoms. The van der Waals surface area contributed by atoms with Crippen LogP contribution in [-0.4, -0.2) is 42.6 Å². The predicted molar refractivity (Wildman–Crippen MR) is 85.1 cm³/mol. The minimum absolute atomic E-state index is 0.338. The highest BCUT2D eigenvalue weighted by molar-refractivity contribution is 5.80. The third kappa shape index (κ3) is 2.72. The second kappa shape index (κ2) is 5.58. The van der Waals surface area contributed by atoms with E-state index in [0.29, 0.717) is 30.5 Å². The van der Waals surface area contributed by atoms with Gasteiger partial charge in [-0.1, -0.05) is 6.07 Å². The summed E-state index contributed by atoms with van der Waals surface area (Å²) in [5.74, 6) is 1.29. The van der Waals surface area contributed by atoms with Gasteiger partial charge >= 0.3 is 0 Å². The van der Waals surface area contributed by atoms with E-state index in [-0.39, 0.29) is 0 Å². The molecule has 22 heavy (non-hydrogen) atoms. The smallest absolute Gasteiger partial charge is 0.224 e. The van der Waals surface area contributed by atoms with E-state index in [1.807, 2.05) is 0 Å². The van der Waals surface area contributed by atoms with Crippen LogP contribution in [0.25, 0.3) is 0 Å². The second-order valence-electron chi connectivity index (χ2n) is 6.92. The Morgan fingerprint density at radius 1 is 1.14 bits per heavy atom. The Hall–Kier alpha value is -1.55. The third-order valence-corrected chi connectivity index (χ3v) is 5.26. The number of carbonyl (C=O) groups is 1. The van der Waals surface area contributed by atoms with Gasteiger partial charge in [-0.25, -0.2) is 0 Å². The highest BCUT2D eigenvalue weighted by Gasteiger charge is 2.39. The Bertz CT molecular complexity index is 582. The molecular formula is C18H24N2O2. The summed E-state index contributed by atoms with van der Waals surface area (Å²) in [5, 5.41) is 3.74. The van der Waals surface area contributed by atoms with Gasteiger partial charge in [-0.05, 0) is 55.4 Å². The molecule has 4 nitrogen and oxygen atoms in total. The molecular weight excluding hydrogens is 276 g/mol. The molecule has 1 aromatic carbocycles. The second-order valence-corrected chi connectivity index (χ2v) is 6.92. The number of methoxy groups -OCH3 is 1. The Morgan fingerprint density at radius 3 is 2.77 bits per heavy atom. The normalized spacial score (nSPS) is 27.9. The van der Waals surface area contributed by atoms with Crippen molar-refractivity contribution in [3.05, 3.63) is 29.3 Å². The van der Waals surface area contributed by atoms with Gasteiger partial charge in [0.05, 0.1) is 7.11 Å². The van der Waals surface area contributed by atoms with Crippen LogP contribution in [0.1, 0.15) is 36.8 Å². The largest absolute Gasteiger partial charge is 0.497 e. The summed E-state index contributed by atoms with van der Waals surface area (Å²) in [7, 11) is 1.72. The molecule has 1 heterocycles. The minimum Gasteiger partial charge on any atom is -0.497 e. The lowest BCUT2D eigenvalue weighted by Gasteiger charge is -2.28. The fraction of sp³-hybridized carbons (Fsp3) is 0.611. The van der Waals surface area contributed by atoms with E-state index in [9.17, 15) is 4.79 Å². The Kier molecular flexibility index (Phi) is 3.57. The van der Waals surface area contributed by atoms with Crippen LogP contribution in [0.5, 0.6) is 5.75 Å². The molecule has 0 unspecified atom stereocenters. The maximum atomic E-state index is 12.1. The molecule has 0 aromatic heterocycles. The predicted octanol–water partition coefficient (Wildman–Crippen LogP) is 1.91. The topological polar surface area (TPSA) is 41.6 Å². The summed E-state index contributed by atoms with van der Waals surface area (Å²) in [6.45, 7) is 0.908. The SMILES string of the molecule is COc1ccc2c(c1)C[C@@H](N[C@@H]1CC(=O)N(C3CC3)C1)CC2. The lowest BCUT2D eigenvalue weighted by atomic mass is 9.87. The average Bonchev–Trinajstić information content (AvgIpc) is 3.30. The molecule has 1 N–H and O–H groups in total. The first-order valence-corrected chi connectivity index (χ1v) is 8.44. The summed E-state index contributed by atoms with van der Waals surface area (Å²) in [6.07, 6.45) is 6.40. The van der Waals surface area contributed by atoms with Gasteiger partial charge in [-0.3, -0.25) is 4.79 Å². The first-order valence-electron chi connectivity index (χ1n) is 8.44. The highest BCUT2D eigenvalue weighted by atomic mass is 16.5. The number of nitrogens with zero attached hydrogens (tertiary/aromatic N) is 1. The van der Waals surface area contributed by atoms with Gasteiger partial charge in [0.2, 0.25) is 5.91 Å². The number of aryl methyl sites for hydroxylation is 1. The van der Waals surface area contributed by atoms with Crippen molar-refractivity contribution in [2.24, 2.45) is 0 Å². The summed E-state index contributed by atoms with van der Waals surface area (Å²) >= 11 is 0. The van der Waals surface area contributed by atoms with Crippen LogP contribution in [0.4, 0.5) is 0 Å². The molecule has 2 aliphatic carbocycles. The van der Waals surface area contributed by atoms with E-state index in [1.165, 1.54) is 24.0 Å². The molecule has 4 rings (SSSR count). The maximum Gasteiger partial charge on any atom is 0.224 e. The number of rotatable bonds is 4. The molecule has 3 aliphatic rings. The molecule has 1 aromatic rings. The van der Waals surface area contributed by atoms with Crippen molar-refractivity contribution in [3.8, 4) is 5.75 Å². The third-order valence-electron chi connectivity index (χ3n) is 5.26. The van der Waals surface area contributed by atoms with Crippen molar-refractivity contribution in [2.75, 3.05) is 13.7 Å². The van der Waals surface area contributed by atoms with E-state index in [0.717, 1.165) is 31.6 Å². The van der Waals surface area contributed by atoms with Gasteiger partial charge in [-0.2, -0.15) is 0 Å². The van der Waals surface area contributed by atoms with Crippen LogP contribution in [0, 0.1) is 0 Å². The maximum absolute atomic E-state index is 12.1. The van der Waals surface area contributed by atoms with Gasteiger partial charge in [0.25, 0.3) is 0 Å². The highest BCUT2D eigenvalue weighted by Crippen LogP contribution is 2.31. The van der Waals surface area contributed by atoms with E-state index in [1.54, 1.807) is 7.11 Å². The first-order chi connectivity index (χ1) is 10.7. The number of amides is 1. The number of fused-ring (bicyclic) bond motifs is 1. The zero-order valence-corrected chi connectivity index (χ0v) is 13.2. The minimum atomic E-state index is 0.338. The van der Waals surface area contributed by atoms with Crippen molar-refractivity contribution in [1.29, 1.82) is 0 Å². The van der Waals surface area contributed by atoms with Gasteiger partial charge in [-0.15, -0.1) is 0 Å². The quantitative estimate of drug-likeness (QED) is 0.923. The number of benzene rings is 1. The molecule has 0 spiro atoms. The van der Waals surface area contributed by atoms with Gasteiger partial charge in [0.1, 0.15) is 5.75 Å². The lowest BCUT2D eigenvalue weighted by molar-refractivity contribution is -0.128. The fourth-order valence-corrected chi connectivity index (χ4v) is 3.92. The standard InChI is InChI=1S/C18H24N2O2/c1-22-17-7-3-12-2-4-14(8-13(12)9-17)19-15-10-18(21)20(11-15)16-5-6-16/h3,7,9,14-16,19H,2,4-6,8,10-11H2,1H3/t14-,15+/m0/s1. The van der Waals surface area contributed by atoms with E-state index in [2.05, 4.69) is 28.4 Å². The molecule has 1 aliphatic heterocycles. The van der Waals surface area contributed by atoms with E-state index < -0.39 is 0 Å². The number of hydrogen-bond acceptors (Lipinski definition) is 3. The zero-order chi connectivity index (χ0) is 15.1. The van der Waals surface area contributed by atoms with Crippen molar-refractivity contribution < 1.29 is 9.53 Å². The first kappa shape index (κ1) is 14.1. The molecule has 1 saturated carbocycles. The van der Waals surface area contributed by atoms with Crippen molar-refractivity contribution in [1.82, 2.24) is 10.2 Å². The molecule has 0 radical (unpaired) electrons. The van der Waals surface area contributed by atoms with E-state index in [4.69, 9.17) is 4.74 Å². The summed E-state index contributed by atoms with van der Waals surface area (Å²) in [4.78, 5) is 14.2. The summed E-state index contributed by atoms with van der Waals surface area (Å²) in [6, 6.07) is 7.78. The number of ether oxygens (including phenoxy) is 1. The Labute approximate surface area is 131 Å². The summed E-state index contributed by atoms with van der Waals surface area (Å²) in [5.41, 5.74) is 2.84. The number of carbonyl (C=O) groups excluding carboxylic acids is 1. The monoisotopic (exact) mass is 300 g/mol. The van der Waals surface area contributed by atoms with Crippen molar-refractivity contribution >= 4 is 5.91 Å². The molecule has 2 atom stereocenters. The molecule has 2 fully saturated rings. The van der Waals surface area contributed by atoms with Crippen LogP contribution >= 0.6 is 0 Å². The van der Waals surface area contributed by atoms with Gasteiger partial charge in [0, 0.05) is 31.1 Å². The zero-order valence-electron chi connectivity index (χ0n) is 13.2. The van der Waals surface area contributed by atoms with Crippen molar-refractivity contribution in [3.63, 3.8) is 0 Å². The molecule has 118 valence electrons. The summed E-state index contributed by atoms with van der Waals surface area (Å²) < 4.78 is 5.34. The molecule has 1 saturated heterocycles. The van der Waals surface area contributed by atoms with E-state index >= 15 is 0 Å². The van der Waals surface area contributed by atoms with Crippen LogP contribution < -0.4 is 10.1 Å². The fourth-order valence-electron chi connectivity index (χ4n) is 3.92. The lowest BCUT2D eigenvalue weighted by Crippen LogP contribution is -2.43.